The number of unbranched alkanes of at least 4 members (excludes halogenated alkanes) is 24. The Balaban J connectivity index is 0. The summed E-state index contributed by atoms with van der Waals surface area (Å²) in [7, 11) is 2.26. The Labute approximate surface area is 290 Å². The third-order valence-corrected chi connectivity index (χ3v) is 8.95. The molecule has 0 radical (unpaired) electrons. The normalized spacial score (nSPS) is 11.8. The van der Waals surface area contributed by atoms with E-state index < -0.39 is 0 Å². The van der Waals surface area contributed by atoms with E-state index in [0.717, 1.165) is 39.5 Å². The van der Waals surface area contributed by atoms with Gasteiger partial charge < -0.3 is 26.8 Å². The van der Waals surface area contributed by atoms with Crippen LogP contribution in [0.2, 0.25) is 0 Å². The van der Waals surface area contributed by atoms with Crippen LogP contribution in [0.5, 0.6) is 0 Å². The molecule has 0 aliphatic heterocycles. The van der Waals surface area contributed by atoms with Crippen molar-refractivity contribution in [2.45, 2.75) is 194 Å². The highest BCUT2D eigenvalue weighted by Crippen LogP contribution is 2.11. The van der Waals surface area contributed by atoms with Crippen molar-refractivity contribution in [3.63, 3.8) is 0 Å². The summed E-state index contributed by atoms with van der Waals surface area (Å²) in [4.78, 5) is 1.52. The van der Waals surface area contributed by atoms with E-state index in [1.807, 2.05) is 0 Å². The largest absolute Gasteiger partial charge is 1.00 e. The number of quaternary nitrogens is 1. The van der Waals surface area contributed by atoms with Crippen molar-refractivity contribution >= 4 is 0 Å². The zero-order chi connectivity index (χ0) is 31.9. The molecule has 270 valence electrons. The first-order valence-electron chi connectivity index (χ1n) is 20.1. The molecule has 0 saturated carbocycles. The molecule has 0 heterocycles. The molecule has 0 atom stereocenters. The SMILES string of the molecule is CCCCCCCC/C=C\CCCCCCCCOCC[NH+](C)CCOCCCCCCCC/C=C\CCCCCCCC.[Cl-]. The summed E-state index contributed by atoms with van der Waals surface area (Å²) in [5.74, 6) is 0. The third-order valence-electron chi connectivity index (χ3n) is 8.95. The van der Waals surface area contributed by atoms with Gasteiger partial charge in [-0.25, -0.2) is 0 Å². The van der Waals surface area contributed by atoms with E-state index in [1.54, 1.807) is 0 Å². The maximum atomic E-state index is 5.89. The predicted octanol–water partition coefficient (Wildman–Crippen LogP) is 8.61. The lowest BCUT2D eigenvalue weighted by atomic mass is 10.1. The van der Waals surface area contributed by atoms with Crippen LogP contribution in [0.15, 0.2) is 24.3 Å². The van der Waals surface area contributed by atoms with Gasteiger partial charge in [-0.1, -0.05) is 154 Å². The molecular formula is C41H82ClNO2. The highest BCUT2D eigenvalue weighted by Gasteiger charge is 2.02. The van der Waals surface area contributed by atoms with Crippen LogP contribution in [0.3, 0.4) is 0 Å². The van der Waals surface area contributed by atoms with Crippen LogP contribution in [0.1, 0.15) is 194 Å². The lowest BCUT2D eigenvalue weighted by Gasteiger charge is -2.14. The zero-order valence-electron chi connectivity index (χ0n) is 31.0. The minimum Gasteiger partial charge on any atom is -1.00 e. The Hall–Kier alpha value is -0.350. The van der Waals surface area contributed by atoms with Gasteiger partial charge in [-0.15, -0.1) is 0 Å². The van der Waals surface area contributed by atoms with Gasteiger partial charge in [0.15, 0.2) is 0 Å². The van der Waals surface area contributed by atoms with Gasteiger partial charge >= 0.3 is 0 Å². The number of halogens is 1. The number of rotatable bonds is 38. The van der Waals surface area contributed by atoms with E-state index in [2.05, 4.69) is 45.2 Å². The van der Waals surface area contributed by atoms with Crippen molar-refractivity contribution in [1.29, 1.82) is 0 Å². The predicted molar refractivity (Wildman–Crippen MR) is 197 cm³/mol. The molecule has 0 unspecified atom stereocenters. The van der Waals surface area contributed by atoms with Gasteiger partial charge in [0.25, 0.3) is 0 Å². The summed E-state index contributed by atoms with van der Waals surface area (Å²) in [5.41, 5.74) is 0. The zero-order valence-corrected chi connectivity index (χ0v) is 31.8. The van der Waals surface area contributed by atoms with Crippen LogP contribution >= 0.6 is 0 Å². The average Bonchev–Trinajstić information content (AvgIpc) is 3.03. The molecule has 0 bridgehead atoms. The van der Waals surface area contributed by atoms with Crippen LogP contribution in [0.25, 0.3) is 0 Å². The van der Waals surface area contributed by atoms with E-state index in [1.165, 1.54) is 185 Å². The minimum atomic E-state index is 0. The molecule has 0 aliphatic carbocycles. The van der Waals surface area contributed by atoms with Crippen LogP contribution in [-0.2, 0) is 9.47 Å². The van der Waals surface area contributed by atoms with Crippen molar-refractivity contribution in [3.05, 3.63) is 24.3 Å². The van der Waals surface area contributed by atoms with E-state index in [4.69, 9.17) is 9.47 Å². The molecule has 3 nitrogen and oxygen atoms in total. The Kier molecular flexibility index (Phi) is 45.4. The molecule has 0 spiro atoms. The topological polar surface area (TPSA) is 22.9 Å². The molecule has 0 aromatic carbocycles. The van der Waals surface area contributed by atoms with Gasteiger partial charge in [0.2, 0.25) is 0 Å². The van der Waals surface area contributed by atoms with Gasteiger partial charge in [0, 0.05) is 13.2 Å². The van der Waals surface area contributed by atoms with Crippen LogP contribution in [0, 0.1) is 0 Å². The average molecular weight is 657 g/mol. The highest BCUT2D eigenvalue weighted by molar-refractivity contribution is 4.82. The van der Waals surface area contributed by atoms with Crippen molar-refractivity contribution in [2.24, 2.45) is 0 Å². The first-order chi connectivity index (χ1) is 21.8. The van der Waals surface area contributed by atoms with Crippen molar-refractivity contribution in [1.82, 2.24) is 0 Å². The summed E-state index contributed by atoms with van der Waals surface area (Å²) in [6, 6.07) is 0. The fourth-order valence-electron chi connectivity index (χ4n) is 5.73. The molecule has 1 N–H and O–H groups in total. The van der Waals surface area contributed by atoms with Gasteiger partial charge in [0.05, 0.1) is 20.3 Å². The monoisotopic (exact) mass is 656 g/mol. The number of ether oxygens (including phenoxy) is 2. The van der Waals surface area contributed by atoms with Crippen LogP contribution in [-0.4, -0.2) is 46.6 Å². The molecule has 0 aromatic heterocycles. The van der Waals surface area contributed by atoms with E-state index >= 15 is 0 Å². The standard InChI is InChI=1S/C41H81NO2.ClH/c1-4-6-8-10-12-14-16-18-20-22-24-26-28-30-32-34-38-43-40-36-42(3)37-41-44-39-35-33-31-29-27-25-23-21-19-17-15-13-11-9-7-5-2;/h18-21H,4-17,22-41H2,1-3H3;1H/b20-18-,21-19-;. The van der Waals surface area contributed by atoms with Crippen molar-refractivity contribution in [2.75, 3.05) is 46.6 Å². The van der Waals surface area contributed by atoms with Crippen LogP contribution < -0.4 is 17.3 Å². The second-order valence-electron chi connectivity index (χ2n) is 13.6. The Bertz CT molecular complexity index is 520. The second-order valence-corrected chi connectivity index (χ2v) is 13.6. The quantitative estimate of drug-likeness (QED) is 0.0532. The van der Waals surface area contributed by atoms with Gasteiger partial charge in [-0.3, -0.25) is 0 Å². The fourth-order valence-corrected chi connectivity index (χ4v) is 5.73. The first kappa shape index (κ1) is 46.8. The van der Waals surface area contributed by atoms with E-state index in [-0.39, 0.29) is 12.4 Å². The number of hydrogen-bond acceptors (Lipinski definition) is 2. The first-order valence-corrected chi connectivity index (χ1v) is 20.1. The second kappa shape index (κ2) is 43.6. The number of allylic oxidation sites excluding steroid dienone is 4. The molecule has 0 fully saturated rings. The maximum absolute atomic E-state index is 5.89. The maximum Gasteiger partial charge on any atom is 0.101 e. The molecule has 4 heteroatoms. The van der Waals surface area contributed by atoms with Gasteiger partial charge in [0.1, 0.15) is 13.1 Å². The molecule has 0 aromatic rings. The van der Waals surface area contributed by atoms with Crippen molar-refractivity contribution in [3.8, 4) is 0 Å². The molecule has 45 heavy (non-hydrogen) atoms. The Morgan fingerprint density at radius 1 is 0.356 bits per heavy atom. The van der Waals surface area contributed by atoms with Gasteiger partial charge in [-0.2, -0.15) is 0 Å². The minimum absolute atomic E-state index is 0. The van der Waals surface area contributed by atoms with E-state index in [9.17, 15) is 0 Å². The lowest BCUT2D eigenvalue weighted by Crippen LogP contribution is -3.10. The summed E-state index contributed by atoms with van der Waals surface area (Å²) in [5, 5.41) is 0. The van der Waals surface area contributed by atoms with Gasteiger partial charge in [-0.05, 0) is 64.2 Å². The number of likely N-dealkylation sites (N-methyl/N-ethyl adjacent to an activating group) is 1. The summed E-state index contributed by atoms with van der Waals surface area (Å²) < 4.78 is 11.8. The molecule has 0 saturated heterocycles. The fraction of sp³-hybridized carbons (Fsp3) is 0.902. The van der Waals surface area contributed by atoms with Crippen molar-refractivity contribution < 1.29 is 26.8 Å². The molecular weight excluding hydrogens is 574 g/mol. The summed E-state index contributed by atoms with van der Waals surface area (Å²) in [6.45, 7) is 10.4. The third kappa shape index (κ3) is 43.6. The molecule has 0 rings (SSSR count). The highest BCUT2D eigenvalue weighted by atomic mass is 35.5. The number of hydrogen-bond donors (Lipinski definition) is 1. The lowest BCUT2D eigenvalue weighted by molar-refractivity contribution is -0.880. The Morgan fingerprint density at radius 2 is 0.622 bits per heavy atom. The number of nitrogens with one attached hydrogen (secondary N) is 1. The molecule has 0 aliphatic rings. The molecule has 0 amide bonds. The summed E-state index contributed by atoms with van der Waals surface area (Å²) in [6.07, 6.45) is 47.7. The van der Waals surface area contributed by atoms with Crippen LogP contribution in [0.4, 0.5) is 0 Å². The Morgan fingerprint density at radius 3 is 0.933 bits per heavy atom. The van der Waals surface area contributed by atoms with E-state index in [0.29, 0.717) is 0 Å². The summed E-state index contributed by atoms with van der Waals surface area (Å²) >= 11 is 0. The smallest absolute Gasteiger partial charge is 0.101 e.